The van der Waals surface area contributed by atoms with E-state index in [1.165, 1.54) is 0 Å². The molecule has 0 fully saturated rings. The summed E-state index contributed by atoms with van der Waals surface area (Å²) in [5.74, 6) is 3.50. The zero-order valence-corrected chi connectivity index (χ0v) is 11.6. The summed E-state index contributed by atoms with van der Waals surface area (Å²) >= 11 is 0. The summed E-state index contributed by atoms with van der Waals surface area (Å²) in [6.45, 7) is 3.89. The van der Waals surface area contributed by atoms with Crippen LogP contribution in [0.25, 0.3) is 11.3 Å². The Morgan fingerprint density at radius 2 is 1.85 bits per heavy atom. The van der Waals surface area contributed by atoms with Gasteiger partial charge in [-0.3, -0.25) is 4.98 Å². The highest BCUT2D eigenvalue weighted by atomic mass is 16.6. The summed E-state index contributed by atoms with van der Waals surface area (Å²) in [4.78, 5) is 9.54. The van der Waals surface area contributed by atoms with E-state index in [1.54, 1.807) is 12.4 Å². The maximum atomic E-state index is 6.50. The molecule has 2 aromatic rings. The molecular weight excluding hydrogens is 254 g/mol. The minimum absolute atomic E-state index is 0.0864. The van der Waals surface area contributed by atoms with Crippen molar-refractivity contribution in [3.8, 4) is 11.3 Å². The van der Waals surface area contributed by atoms with Gasteiger partial charge in [0.05, 0.1) is 11.9 Å². The van der Waals surface area contributed by atoms with Crippen LogP contribution in [0.1, 0.15) is 19.4 Å². The lowest BCUT2D eigenvalue weighted by Gasteiger charge is -2.05. The molecule has 0 aliphatic heterocycles. The molecule has 0 radical (unpaired) electrons. The Balaban J connectivity index is 0.000000956. The van der Waals surface area contributed by atoms with Crippen LogP contribution >= 0.6 is 0 Å². The van der Waals surface area contributed by atoms with Crippen molar-refractivity contribution in [1.29, 1.82) is 0 Å². The summed E-state index contributed by atoms with van der Waals surface area (Å²) in [5.41, 5.74) is 2.98. The Bertz CT molecular complexity index is 528. The zero-order chi connectivity index (χ0) is 14.8. The van der Waals surface area contributed by atoms with Gasteiger partial charge in [0.1, 0.15) is 6.10 Å². The molecule has 0 saturated heterocycles. The number of hydrogen-bond acceptors (Lipinski definition) is 5. The largest absolute Gasteiger partial charge is 0.393 e. The molecular formula is C15H19N3O2. The number of benzene rings is 1. The van der Waals surface area contributed by atoms with Gasteiger partial charge in [-0.05, 0) is 26.0 Å². The fourth-order valence-electron chi connectivity index (χ4n) is 1.57. The van der Waals surface area contributed by atoms with Gasteiger partial charge in [-0.2, -0.15) is 0 Å². The van der Waals surface area contributed by atoms with E-state index in [0.29, 0.717) is 0 Å². The van der Waals surface area contributed by atoms with Crippen molar-refractivity contribution in [1.82, 2.24) is 4.98 Å². The van der Waals surface area contributed by atoms with Crippen LogP contribution in [0.2, 0.25) is 0 Å². The van der Waals surface area contributed by atoms with Crippen LogP contribution in [-0.2, 0) is 4.84 Å². The molecule has 5 heteroatoms. The molecule has 0 amide bonds. The molecule has 5 nitrogen and oxygen atoms in total. The highest BCUT2D eigenvalue weighted by molar-refractivity contribution is 5.89. The first-order chi connectivity index (χ1) is 9.77. The summed E-state index contributed by atoms with van der Waals surface area (Å²) < 4.78 is 0. The molecule has 0 aliphatic rings. The Hall–Kier alpha value is -2.24. The van der Waals surface area contributed by atoms with Gasteiger partial charge >= 0.3 is 0 Å². The van der Waals surface area contributed by atoms with E-state index in [0.717, 1.165) is 16.8 Å². The van der Waals surface area contributed by atoms with Gasteiger partial charge in [-0.25, -0.2) is 5.90 Å². The van der Waals surface area contributed by atoms with Crippen molar-refractivity contribution in [2.75, 3.05) is 0 Å². The lowest BCUT2D eigenvalue weighted by Crippen LogP contribution is -1.97. The highest BCUT2D eigenvalue weighted by Gasteiger charge is 2.03. The van der Waals surface area contributed by atoms with E-state index in [1.807, 2.05) is 56.3 Å². The molecule has 3 N–H and O–H groups in total. The molecule has 1 aromatic heterocycles. The Morgan fingerprint density at radius 1 is 1.15 bits per heavy atom. The van der Waals surface area contributed by atoms with E-state index in [9.17, 15) is 0 Å². The Morgan fingerprint density at radius 3 is 2.50 bits per heavy atom. The smallest absolute Gasteiger partial charge is 0.122 e. The fourth-order valence-corrected chi connectivity index (χ4v) is 1.57. The van der Waals surface area contributed by atoms with E-state index in [-0.39, 0.29) is 6.10 Å². The van der Waals surface area contributed by atoms with Crippen molar-refractivity contribution >= 4 is 6.21 Å². The predicted molar refractivity (Wildman–Crippen MR) is 79.5 cm³/mol. The van der Waals surface area contributed by atoms with Crippen LogP contribution in [0.5, 0.6) is 0 Å². The van der Waals surface area contributed by atoms with E-state index in [2.05, 4.69) is 16.0 Å². The lowest BCUT2D eigenvalue weighted by atomic mass is 10.1. The van der Waals surface area contributed by atoms with Crippen molar-refractivity contribution in [2.45, 2.75) is 20.0 Å². The zero-order valence-electron chi connectivity index (χ0n) is 11.6. The monoisotopic (exact) mass is 273 g/mol. The number of nitrogens with two attached hydrogens (primary N) is 1. The third-order valence-corrected chi connectivity index (χ3v) is 2.37. The van der Waals surface area contributed by atoms with E-state index >= 15 is 0 Å². The van der Waals surface area contributed by atoms with Gasteiger partial charge < -0.3 is 10.0 Å². The van der Waals surface area contributed by atoms with Crippen molar-refractivity contribution in [3.05, 3.63) is 54.2 Å². The van der Waals surface area contributed by atoms with Gasteiger partial charge in [-0.15, -0.1) is 0 Å². The van der Waals surface area contributed by atoms with Crippen LogP contribution in [-0.4, -0.2) is 22.5 Å². The van der Waals surface area contributed by atoms with Crippen LogP contribution < -0.4 is 5.90 Å². The van der Waals surface area contributed by atoms with Crippen molar-refractivity contribution < 1.29 is 10.0 Å². The first kappa shape index (κ1) is 15.8. The Labute approximate surface area is 118 Å². The average Bonchev–Trinajstić information content (AvgIpc) is 2.50. The molecule has 0 unspecified atom stereocenters. The first-order valence-corrected chi connectivity index (χ1v) is 6.23. The summed E-state index contributed by atoms with van der Waals surface area (Å²) in [6.07, 6.45) is 3.60. The van der Waals surface area contributed by atoms with Gasteiger partial charge in [0.2, 0.25) is 0 Å². The molecule has 1 heterocycles. The summed E-state index contributed by atoms with van der Waals surface area (Å²) in [7, 11) is 0. The third-order valence-electron chi connectivity index (χ3n) is 2.37. The molecule has 20 heavy (non-hydrogen) atoms. The topological polar surface area (TPSA) is 80.7 Å². The lowest BCUT2D eigenvalue weighted by molar-refractivity contribution is 0.0874. The number of nitrogens with zero attached hydrogens (tertiary/aromatic N) is 2. The van der Waals surface area contributed by atoms with Gasteiger partial charge in [0.15, 0.2) is 0 Å². The number of rotatable bonds is 4. The molecule has 0 spiro atoms. The second kappa shape index (κ2) is 8.79. The van der Waals surface area contributed by atoms with Crippen LogP contribution in [0.15, 0.2) is 53.8 Å². The van der Waals surface area contributed by atoms with Crippen LogP contribution in [0.3, 0.4) is 0 Å². The maximum Gasteiger partial charge on any atom is 0.122 e. The number of hydrogen-bond donors (Lipinski definition) is 2. The molecule has 1 aromatic carbocycles. The van der Waals surface area contributed by atoms with Gasteiger partial charge in [-0.1, -0.05) is 35.5 Å². The van der Waals surface area contributed by atoms with Crippen LogP contribution in [0, 0.1) is 0 Å². The van der Waals surface area contributed by atoms with Crippen LogP contribution in [0.4, 0.5) is 0 Å². The van der Waals surface area contributed by atoms with Crippen molar-refractivity contribution in [2.24, 2.45) is 11.1 Å². The van der Waals surface area contributed by atoms with Gasteiger partial charge in [0.25, 0.3) is 0 Å². The normalized spacial score (nSPS) is 10.2. The van der Waals surface area contributed by atoms with E-state index in [4.69, 9.17) is 10.0 Å². The van der Waals surface area contributed by atoms with Gasteiger partial charge in [0, 0.05) is 17.3 Å². The molecule has 0 aliphatic carbocycles. The third kappa shape index (κ3) is 4.79. The van der Waals surface area contributed by atoms with Crippen molar-refractivity contribution in [3.63, 3.8) is 0 Å². The molecule has 106 valence electrons. The highest BCUT2D eigenvalue weighted by Crippen LogP contribution is 2.19. The molecule has 0 atom stereocenters. The standard InChI is InChI=1S/C15H16N2O.H3NO/c1-12(2)18-17-11-13-7-3-4-8-14(13)15-9-5-6-10-16-15;1-2/h3-12H,1-2H3;2H,1H2/b17-11+;. The summed E-state index contributed by atoms with van der Waals surface area (Å²) in [5, 5.41) is 10.5. The van der Waals surface area contributed by atoms with E-state index < -0.39 is 0 Å². The minimum atomic E-state index is 0.0864. The maximum absolute atomic E-state index is 6.50. The number of oxime groups is 1. The quantitative estimate of drug-likeness (QED) is 0.663. The molecule has 0 saturated carbocycles. The predicted octanol–water partition coefficient (Wildman–Crippen LogP) is 2.84. The second-order valence-corrected chi connectivity index (χ2v) is 4.19. The average molecular weight is 273 g/mol. The second-order valence-electron chi connectivity index (χ2n) is 4.19. The Kier molecular flexibility index (Phi) is 6.95. The summed E-state index contributed by atoms with van der Waals surface area (Å²) in [6, 6.07) is 13.9. The fraction of sp³-hybridized carbons (Fsp3) is 0.200. The molecule has 2 rings (SSSR count). The molecule has 0 bridgehead atoms. The number of aromatic nitrogens is 1. The minimum Gasteiger partial charge on any atom is -0.393 e. The number of pyridine rings is 1. The first-order valence-electron chi connectivity index (χ1n) is 6.23. The SMILES string of the molecule is CC(C)O/N=C/c1ccccc1-c1ccccn1.NO.